The van der Waals surface area contributed by atoms with E-state index in [1.54, 1.807) is 55.4 Å². The van der Waals surface area contributed by atoms with Gasteiger partial charge in [0.05, 0.1) is 25.3 Å². The maximum absolute atomic E-state index is 14.3. The highest BCUT2D eigenvalue weighted by molar-refractivity contribution is 6.01. The molecule has 0 heterocycles. The minimum absolute atomic E-state index is 0.119. The van der Waals surface area contributed by atoms with Crippen LogP contribution in [0.5, 0.6) is 11.5 Å². The Bertz CT molecular complexity index is 3800. The quantitative estimate of drug-likeness (QED) is 0.0293. The third kappa shape index (κ3) is 40.8. The Morgan fingerprint density at radius 2 is 0.484 bits per heavy atom. The minimum Gasteiger partial charge on any atom is -0.508 e. The Kier molecular flexibility index (Phi) is 46.1. The van der Waals surface area contributed by atoms with Gasteiger partial charge in [0.25, 0.3) is 11.8 Å². The van der Waals surface area contributed by atoms with Crippen molar-refractivity contribution < 1.29 is 157 Å². The van der Waals surface area contributed by atoms with E-state index in [2.05, 4.69) is 74.4 Å². The zero-order valence-corrected chi connectivity index (χ0v) is 70.0. The number of rotatable bonds is 57. The number of aromatic hydroxyl groups is 2. The summed E-state index contributed by atoms with van der Waals surface area (Å²) in [6.45, 7) is 12.7. The van der Waals surface area contributed by atoms with Gasteiger partial charge in [-0.15, -0.1) is 0 Å². The van der Waals surface area contributed by atoms with Crippen LogP contribution in [0, 0.1) is 23.7 Å². The number of hydrogen-bond donors (Lipinski definition) is 26. The lowest BCUT2D eigenvalue weighted by atomic mass is 9.99. The normalized spacial score (nSPS) is 15.1. The number of aliphatic carboxylic acids is 6. The first kappa shape index (κ1) is 107. The zero-order valence-electron chi connectivity index (χ0n) is 70.0. The van der Waals surface area contributed by atoms with Gasteiger partial charge in [-0.1, -0.05) is 79.7 Å². The fraction of sp³-hybridized carbons (Fsp3) is 0.590. The van der Waals surface area contributed by atoms with Crippen LogP contribution in [0.25, 0.3) is 0 Å². The number of carbonyl (C=O) groups excluding carboxylic acids is 14. The topological polar surface area (TPSA) is 753 Å². The molecular formula is C78H116N14O32. The third-order valence-electron chi connectivity index (χ3n) is 18.3. The molecule has 690 valence electrons. The maximum atomic E-state index is 14.3. The van der Waals surface area contributed by atoms with Gasteiger partial charge in [0, 0.05) is 38.5 Å². The van der Waals surface area contributed by atoms with Crippen molar-refractivity contribution in [1.29, 1.82) is 0 Å². The summed E-state index contributed by atoms with van der Waals surface area (Å²) in [4.78, 5) is 265. The summed E-state index contributed by atoms with van der Waals surface area (Å²) in [5.41, 5.74) is 0.785. The summed E-state index contributed by atoms with van der Waals surface area (Å²) in [5, 5.41) is 152. The molecule has 46 nitrogen and oxygen atoms in total. The lowest BCUT2D eigenvalue weighted by molar-refractivity contribution is -0.148. The van der Waals surface area contributed by atoms with Crippen molar-refractivity contribution in [2.24, 2.45) is 23.7 Å². The molecule has 14 amide bonds. The standard InChI is InChI=1S/C78H116N14O32/c1-35(2)27-49(69(113)83-47(21-25-59(103)104)67(111)87-51(29-37(5)6)71(115)91-61(39(9)93)73(117)85-45(19-23-57(99)100)65(109)79-33-55(97)81-53(77(121)122)31-41-11-15-43(95)16-12-41)89-75(119)63(107)64(108)76(120)90-50(28-36(3)4)70(114)84-48(22-26-60(105)106)68(112)88-52(30-38(7)8)72(116)92-62(40(10)94)74(118)86-46(20-24-58(101)102)66(110)80-34-56(98)82-54(78(123)124)32-42-13-17-44(96)18-14-42/h11-18,35-40,45-54,61-64,93-96,107-108H,19-34H2,1-10H3,(H,79,109)(H,80,110)(H,81,97)(H,82,98)(H,83,113)(H,84,114)(H,85,117)(H,86,118)(H,87,111)(H,88,112)(H,89,119)(H,90,120)(H,91,115)(H,92,116)(H,99,100)(H,101,102)(H,103,104)(H,105,106)(H,121,122)(H,123,124)/t39-,40-,45+,46+,47+,48+,49+,50+,51+,52+,53+,54+,61+,62+,63?,64?/m1/s1. The van der Waals surface area contributed by atoms with E-state index in [9.17, 15) is 157 Å². The van der Waals surface area contributed by atoms with Gasteiger partial charge in [0.1, 0.15) is 84.0 Å². The van der Waals surface area contributed by atoms with Crippen LogP contribution in [-0.4, -0.2) is 290 Å². The number of aliphatic hydroxyl groups is 4. The van der Waals surface area contributed by atoms with Crippen molar-refractivity contribution >= 4 is 119 Å². The third-order valence-corrected chi connectivity index (χ3v) is 18.3. The van der Waals surface area contributed by atoms with Crippen LogP contribution in [0.1, 0.15) is 157 Å². The molecule has 2 aromatic carbocycles. The van der Waals surface area contributed by atoms with Crippen LogP contribution in [0.3, 0.4) is 0 Å². The highest BCUT2D eigenvalue weighted by Crippen LogP contribution is 2.18. The molecule has 46 heteroatoms. The molecule has 0 bridgehead atoms. The Morgan fingerprint density at radius 3 is 0.718 bits per heavy atom. The second kappa shape index (κ2) is 53.2. The van der Waals surface area contributed by atoms with Gasteiger partial charge in [-0.3, -0.25) is 86.3 Å². The van der Waals surface area contributed by atoms with Gasteiger partial charge in [-0.25, -0.2) is 9.59 Å². The van der Waals surface area contributed by atoms with Gasteiger partial charge in [-0.2, -0.15) is 0 Å². The first-order chi connectivity index (χ1) is 57.8. The van der Waals surface area contributed by atoms with Crippen molar-refractivity contribution in [2.45, 2.75) is 256 Å². The van der Waals surface area contributed by atoms with Gasteiger partial charge < -0.3 is 136 Å². The molecule has 16 atom stereocenters. The molecule has 0 radical (unpaired) electrons. The lowest BCUT2D eigenvalue weighted by Gasteiger charge is -2.29. The predicted octanol–water partition coefficient (Wildman–Crippen LogP) is -5.77. The largest absolute Gasteiger partial charge is 0.508 e. The van der Waals surface area contributed by atoms with E-state index in [1.807, 2.05) is 0 Å². The monoisotopic (exact) mass is 1760 g/mol. The molecule has 0 aliphatic carbocycles. The zero-order chi connectivity index (χ0) is 94.3. The first-order valence-corrected chi connectivity index (χ1v) is 39.6. The van der Waals surface area contributed by atoms with Gasteiger partial charge in [0.15, 0.2) is 12.2 Å². The molecule has 0 aromatic heterocycles. The molecule has 2 unspecified atom stereocenters. The fourth-order valence-corrected chi connectivity index (χ4v) is 11.9. The van der Waals surface area contributed by atoms with E-state index in [4.69, 9.17) is 0 Å². The second-order valence-corrected chi connectivity index (χ2v) is 31.2. The number of hydrogen-bond acceptors (Lipinski definition) is 26. The highest BCUT2D eigenvalue weighted by atomic mass is 16.4. The first-order valence-electron chi connectivity index (χ1n) is 39.6. The van der Waals surface area contributed by atoms with Crippen molar-refractivity contribution in [3.05, 3.63) is 59.7 Å². The number of carbonyl (C=O) groups is 20. The summed E-state index contributed by atoms with van der Waals surface area (Å²) >= 11 is 0. The van der Waals surface area contributed by atoms with E-state index in [0.29, 0.717) is 11.1 Å². The number of phenolic OH excluding ortho intramolecular Hbond substituents is 2. The minimum atomic E-state index is -2.80. The summed E-state index contributed by atoms with van der Waals surface area (Å²) in [7, 11) is 0. The highest BCUT2D eigenvalue weighted by Gasteiger charge is 2.41. The molecule has 2 aromatic rings. The van der Waals surface area contributed by atoms with E-state index in [-0.39, 0.29) is 50.0 Å². The van der Waals surface area contributed by atoms with Crippen LogP contribution in [0.2, 0.25) is 0 Å². The number of benzene rings is 2. The average Bonchev–Trinajstić information content (AvgIpc) is 0.841. The van der Waals surface area contributed by atoms with Crippen LogP contribution in [-0.2, 0) is 109 Å². The predicted molar refractivity (Wildman–Crippen MR) is 429 cm³/mol. The number of carboxylic acids is 6. The Labute approximate surface area is 711 Å². The molecule has 124 heavy (non-hydrogen) atoms. The lowest BCUT2D eigenvalue weighted by Crippen LogP contribution is -2.62. The molecule has 0 fully saturated rings. The van der Waals surface area contributed by atoms with E-state index >= 15 is 0 Å². The molecule has 26 N–H and O–H groups in total. The van der Waals surface area contributed by atoms with Crippen LogP contribution >= 0.6 is 0 Å². The smallest absolute Gasteiger partial charge is 0.326 e. The summed E-state index contributed by atoms with van der Waals surface area (Å²) < 4.78 is 0. The second-order valence-electron chi connectivity index (χ2n) is 31.2. The van der Waals surface area contributed by atoms with Crippen LogP contribution in [0.15, 0.2) is 48.5 Å². The number of phenols is 2. The number of carboxylic acid groups (broad SMARTS) is 6. The van der Waals surface area contributed by atoms with Crippen molar-refractivity contribution in [1.82, 2.24) is 74.4 Å². The van der Waals surface area contributed by atoms with Gasteiger partial charge >= 0.3 is 35.8 Å². The molecule has 0 aliphatic rings. The molecule has 0 saturated carbocycles. The van der Waals surface area contributed by atoms with Crippen molar-refractivity contribution in [3.63, 3.8) is 0 Å². The van der Waals surface area contributed by atoms with E-state index in [0.717, 1.165) is 13.8 Å². The van der Waals surface area contributed by atoms with Crippen molar-refractivity contribution in [3.8, 4) is 11.5 Å². The summed E-state index contributed by atoms with van der Waals surface area (Å²) in [6.07, 6.45) is -17.0. The van der Waals surface area contributed by atoms with E-state index < -0.39 is 304 Å². The maximum Gasteiger partial charge on any atom is 0.326 e. The molecule has 0 spiro atoms. The average molecular weight is 1760 g/mol. The van der Waals surface area contributed by atoms with Gasteiger partial charge in [-0.05, 0) is 124 Å². The molecule has 0 saturated heterocycles. The number of amides is 14. The van der Waals surface area contributed by atoms with E-state index in [1.165, 1.54) is 48.5 Å². The Hall–Kier alpha value is -12.7. The fourth-order valence-electron chi connectivity index (χ4n) is 11.9. The Balaban J connectivity index is 2.38. The summed E-state index contributed by atoms with van der Waals surface area (Å²) in [5.74, 6) is -29.0. The van der Waals surface area contributed by atoms with Crippen molar-refractivity contribution in [2.75, 3.05) is 13.1 Å². The number of nitrogens with one attached hydrogen (secondary N) is 14. The van der Waals surface area contributed by atoms with Crippen LogP contribution in [0.4, 0.5) is 0 Å². The summed E-state index contributed by atoms with van der Waals surface area (Å²) in [6, 6.07) is -10.8. The van der Waals surface area contributed by atoms with Crippen LogP contribution < -0.4 is 74.4 Å². The van der Waals surface area contributed by atoms with Gasteiger partial charge in [0.2, 0.25) is 70.9 Å². The number of aliphatic hydroxyl groups excluding tert-OH is 4. The molecule has 2 rings (SSSR count). The Morgan fingerprint density at radius 1 is 0.266 bits per heavy atom. The SMILES string of the molecule is CC(C)C[C@H](NC(=O)C(O)C(O)C(=O)N[C@@H](CC(C)C)C(=O)N[C@@H](CCC(=O)O)C(=O)N[C@@H](CC(C)C)C(=O)N[C@H](C(=O)N[C@@H](CCC(=O)O)C(=O)NCC(=O)N[C@@H](Cc1ccc(O)cc1)C(=O)O)[C@@H](C)O)C(=O)N[C@@H](CCC(=O)O)C(=O)N[C@@H](CC(C)C)C(=O)N[C@H](C(=O)N[C@@H](CCC(=O)O)C(=O)NCC(=O)N[C@@H](Cc1ccc(O)cc1)C(=O)O)[C@@H](C)O. The molecular weight excluding hydrogens is 1640 g/mol. The molecule has 0 aliphatic heterocycles.